The monoisotopic (exact) mass is 568 g/mol. The number of nitrogens with one attached hydrogen (secondary N) is 1. The highest BCUT2D eigenvalue weighted by Gasteiger charge is 2.18. The van der Waals surface area contributed by atoms with Gasteiger partial charge in [0.25, 0.3) is 5.56 Å². The molecule has 4 rings (SSSR count). The van der Waals surface area contributed by atoms with Gasteiger partial charge in [0.2, 0.25) is 5.91 Å². The van der Waals surface area contributed by atoms with Gasteiger partial charge < -0.3 is 19.4 Å². The summed E-state index contributed by atoms with van der Waals surface area (Å²) >= 11 is 0. The second kappa shape index (κ2) is 11.7. The van der Waals surface area contributed by atoms with Crippen molar-refractivity contribution in [1.82, 2.24) is 4.57 Å². The summed E-state index contributed by atoms with van der Waals surface area (Å²) < 4.78 is 64.0. The van der Waals surface area contributed by atoms with Gasteiger partial charge in [-0.1, -0.05) is 12.1 Å². The minimum atomic E-state index is -3.36. The number of halogens is 2. The highest BCUT2D eigenvalue weighted by atomic mass is 32.2. The number of sulfone groups is 1. The molecule has 1 heterocycles. The van der Waals surface area contributed by atoms with Crippen LogP contribution in [-0.2, 0) is 28.1 Å². The molecule has 3 aromatic carbocycles. The van der Waals surface area contributed by atoms with Crippen LogP contribution in [0.5, 0.6) is 17.2 Å². The largest absolute Gasteiger partial charge is 0.493 e. The lowest BCUT2D eigenvalue weighted by atomic mass is 10.0. The van der Waals surface area contributed by atoms with Crippen LogP contribution in [0, 0.1) is 11.6 Å². The molecule has 0 aliphatic heterocycles. The Kier molecular flexibility index (Phi) is 8.34. The highest BCUT2D eigenvalue weighted by Crippen LogP contribution is 2.40. The number of benzene rings is 3. The third-order valence-electron chi connectivity index (χ3n) is 5.87. The van der Waals surface area contributed by atoms with Crippen LogP contribution in [0.1, 0.15) is 12.5 Å². The standard InChI is InChI=1S/C29H26F2N2O6S/c1-4-38-27-16-29(35)33(2)17-23(27)22-15-20(8-12-25(22)39-26-11-7-19(30)14-24(26)31)32-28(34)13-18-5-9-21(10-6-18)40(3,36)37/h5-12,14-17H,4,13H2,1-3H3,(H,32,34). The van der Waals surface area contributed by atoms with Gasteiger partial charge in [0.15, 0.2) is 21.4 Å². The fraction of sp³-hybridized carbons (Fsp3) is 0.172. The molecule has 1 amide bonds. The fourth-order valence-electron chi connectivity index (χ4n) is 3.92. The fourth-order valence-corrected chi connectivity index (χ4v) is 4.55. The average molecular weight is 569 g/mol. The second-order valence-corrected chi connectivity index (χ2v) is 11.0. The predicted molar refractivity (Wildman–Crippen MR) is 147 cm³/mol. The molecule has 1 N–H and O–H groups in total. The van der Waals surface area contributed by atoms with E-state index < -0.39 is 21.5 Å². The second-order valence-electron chi connectivity index (χ2n) is 8.96. The Hall–Kier alpha value is -4.51. The lowest BCUT2D eigenvalue weighted by Gasteiger charge is -2.17. The van der Waals surface area contributed by atoms with Crippen LogP contribution in [0.2, 0.25) is 0 Å². The van der Waals surface area contributed by atoms with Gasteiger partial charge in [-0.15, -0.1) is 0 Å². The van der Waals surface area contributed by atoms with Crippen molar-refractivity contribution in [2.45, 2.75) is 18.2 Å². The Labute approximate surface area is 229 Å². The Morgan fingerprint density at radius 2 is 1.62 bits per heavy atom. The number of ether oxygens (including phenoxy) is 2. The number of amides is 1. The zero-order chi connectivity index (χ0) is 29.0. The highest BCUT2D eigenvalue weighted by molar-refractivity contribution is 7.90. The lowest BCUT2D eigenvalue weighted by molar-refractivity contribution is -0.115. The van der Waals surface area contributed by atoms with Crippen LogP contribution in [0.25, 0.3) is 11.1 Å². The first-order valence-electron chi connectivity index (χ1n) is 12.1. The molecule has 0 fully saturated rings. The topological polar surface area (TPSA) is 104 Å². The normalized spacial score (nSPS) is 11.2. The molecular formula is C29H26F2N2O6S. The minimum Gasteiger partial charge on any atom is -0.493 e. The predicted octanol–water partition coefficient (Wildman–Crippen LogP) is 5.11. The molecule has 1 aromatic heterocycles. The molecule has 0 saturated heterocycles. The van der Waals surface area contributed by atoms with E-state index in [0.717, 1.165) is 18.4 Å². The number of hydrogen-bond donors (Lipinski definition) is 1. The number of carbonyl (C=O) groups excluding carboxylic acids is 1. The van der Waals surface area contributed by atoms with Crippen LogP contribution < -0.4 is 20.3 Å². The molecule has 0 spiro atoms. The van der Waals surface area contributed by atoms with Crippen LogP contribution in [0.3, 0.4) is 0 Å². The van der Waals surface area contributed by atoms with Gasteiger partial charge in [0.1, 0.15) is 17.3 Å². The summed E-state index contributed by atoms with van der Waals surface area (Å²) in [5, 5.41) is 2.79. The van der Waals surface area contributed by atoms with Gasteiger partial charge in [-0.05, 0) is 55.0 Å². The number of anilines is 1. The summed E-state index contributed by atoms with van der Waals surface area (Å²) in [4.78, 5) is 25.3. The summed E-state index contributed by atoms with van der Waals surface area (Å²) in [5.41, 5.74) is 1.47. The maximum Gasteiger partial charge on any atom is 0.254 e. The van der Waals surface area contributed by atoms with Crippen LogP contribution >= 0.6 is 0 Å². The van der Waals surface area contributed by atoms with E-state index in [-0.39, 0.29) is 46.6 Å². The number of hydrogen-bond acceptors (Lipinski definition) is 6. The summed E-state index contributed by atoms with van der Waals surface area (Å²) in [6.45, 7) is 2.02. The van der Waals surface area contributed by atoms with E-state index in [4.69, 9.17) is 9.47 Å². The molecule has 0 radical (unpaired) electrons. The summed E-state index contributed by atoms with van der Waals surface area (Å²) in [6.07, 6.45) is 2.61. The average Bonchev–Trinajstić information content (AvgIpc) is 2.88. The first-order chi connectivity index (χ1) is 18.9. The number of pyridine rings is 1. The molecule has 0 saturated carbocycles. The maximum absolute atomic E-state index is 14.4. The van der Waals surface area contributed by atoms with Crippen molar-refractivity contribution < 1.29 is 31.5 Å². The SMILES string of the molecule is CCOc1cc(=O)n(C)cc1-c1cc(NC(=O)Cc2ccc(S(C)(=O)=O)cc2)ccc1Oc1ccc(F)cc1F. The van der Waals surface area contributed by atoms with Gasteiger partial charge in [0.05, 0.1) is 17.9 Å². The van der Waals surface area contributed by atoms with Crippen molar-refractivity contribution in [2.24, 2.45) is 7.05 Å². The van der Waals surface area contributed by atoms with E-state index in [2.05, 4.69) is 5.32 Å². The van der Waals surface area contributed by atoms with Crippen LogP contribution in [0.15, 0.2) is 82.6 Å². The number of aromatic nitrogens is 1. The van der Waals surface area contributed by atoms with E-state index in [0.29, 0.717) is 28.4 Å². The lowest BCUT2D eigenvalue weighted by Crippen LogP contribution is -2.16. The van der Waals surface area contributed by atoms with E-state index in [1.807, 2.05) is 0 Å². The van der Waals surface area contributed by atoms with Crippen molar-refractivity contribution in [3.63, 3.8) is 0 Å². The zero-order valence-corrected chi connectivity index (χ0v) is 22.7. The Bertz CT molecular complexity index is 1730. The third kappa shape index (κ3) is 6.73. The van der Waals surface area contributed by atoms with Crippen LogP contribution in [-0.4, -0.2) is 31.8 Å². The molecule has 40 heavy (non-hydrogen) atoms. The first kappa shape index (κ1) is 28.5. The molecule has 4 aromatic rings. The van der Waals surface area contributed by atoms with Crippen molar-refractivity contribution in [2.75, 3.05) is 18.2 Å². The zero-order valence-electron chi connectivity index (χ0n) is 21.9. The summed E-state index contributed by atoms with van der Waals surface area (Å²) in [5.74, 6) is -1.84. The third-order valence-corrected chi connectivity index (χ3v) is 7.00. The summed E-state index contributed by atoms with van der Waals surface area (Å²) in [7, 11) is -1.80. The molecular weight excluding hydrogens is 542 g/mol. The van der Waals surface area contributed by atoms with Crippen molar-refractivity contribution >= 4 is 21.4 Å². The molecule has 0 aliphatic carbocycles. The van der Waals surface area contributed by atoms with Gasteiger partial charge in [-0.25, -0.2) is 17.2 Å². The Morgan fingerprint density at radius 3 is 2.27 bits per heavy atom. The van der Waals surface area contributed by atoms with Gasteiger partial charge in [0, 0.05) is 48.4 Å². The Morgan fingerprint density at radius 1 is 0.925 bits per heavy atom. The number of aryl methyl sites for hydroxylation is 1. The maximum atomic E-state index is 14.4. The van der Waals surface area contributed by atoms with E-state index in [1.54, 1.807) is 38.2 Å². The van der Waals surface area contributed by atoms with Crippen molar-refractivity contribution in [3.05, 3.63) is 100 Å². The smallest absolute Gasteiger partial charge is 0.254 e. The minimum absolute atomic E-state index is 0.0253. The van der Waals surface area contributed by atoms with E-state index in [9.17, 15) is 26.8 Å². The first-order valence-corrected chi connectivity index (χ1v) is 14.0. The van der Waals surface area contributed by atoms with Crippen molar-refractivity contribution in [1.29, 1.82) is 0 Å². The quantitative estimate of drug-likeness (QED) is 0.301. The van der Waals surface area contributed by atoms with E-state index in [1.165, 1.54) is 35.0 Å². The molecule has 8 nitrogen and oxygen atoms in total. The molecule has 0 atom stereocenters. The molecule has 208 valence electrons. The molecule has 0 bridgehead atoms. The van der Waals surface area contributed by atoms with Gasteiger partial charge in [-0.3, -0.25) is 9.59 Å². The number of rotatable bonds is 9. The summed E-state index contributed by atoms with van der Waals surface area (Å²) in [6, 6.07) is 14.9. The number of carbonyl (C=O) groups is 1. The van der Waals surface area contributed by atoms with Crippen LogP contribution in [0.4, 0.5) is 14.5 Å². The van der Waals surface area contributed by atoms with Gasteiger partial charge in [-0.2, -0.15) is 0 Å². The molecule has 11 heteroatoms. The number of nitrogens with zero attached hydrogens (tertiary/aromatic N) is 1. The van der Waals surface area contributed by atoms with E-state index >= 15 is 0 Å². The van der Waals surface area contributed by atoms with Crippen molar-refractivity contribution in [3.8, 4) is 28.4 Å². The molecule has 0 unspecified atom stereocenters. The molecule has 0 aliphatic rings. The van der Waals surface area contributed by atoms with Gasteiger partial charge >= 0.3 is 0 Å². The Balaban J connectivity index is 1.70.